The summed E-state index contributed by atoms with van der Waals surface area (Å²) in [6, 6.07) is 8.02. The van der Waals surface area contributed by atoms with E-state index in [1.807, 2.05) is 13.8 Å². The number of nitrogens with two attached hydrogens (primary N) is 1. The lowest BCUT2D eigenvalue weighted by Gasteiger charge is -2.14. The molecule has 0 saturated heterocycles. The van der Waals surface area contributed by atoms with Crippen molar-refractivity contribution in [3.63, 3.8) is 0 Å². The molecule has 6 nitrogen and oxygen atoms in total. The van der Waals surface area contributed by atoms with E-state index in [9.17, 15) is 14.7 Å². The van der Waals surface area contributed by atoms with Crippen LogP contribution in [0.1, 0.15) is 48.5 Å². The average Bonchev–Trinajstić information content (AvgIpc) is 2.63. The number of benzene rings is 2. The summed E-state index contributed by atoms with van der Waals surface area (Å²) in [6.45, 7) is 4.29. The predicted molar refractivity (Wildman–Crippen MR) is 113 cm³/mol. The number of halogens is 2. The van der Waals surface area contributed by atoms with Crippen molar-refractivity contribution in [1.29, 1.82) is 0 Å². The number of phenolic OH excluding ortho intramolecular Hbond substituents is 1. The molecule has 0 bridgehead atoms. The van der Waals surface area contributed by atoms with E-state index in [2.05, 4.69) is 31.9 Å². The summed E-state index contributed by atoms with van der Waals surface area (Å²) < 4.78 is 11.7. The molecule has 150 valence electrons. The highest BCUT2D eigenvalue weighted by atomic mass is 79.9. The molecule has 3 N–H and O–H groups in total. The van der Waals surface area contributed by atoms with E-state index < -0.39 is 11.9 Å². The van der Waals surface area contributed by atoms with E-state index in [1.165, 1.54) is 12.1 Å². The Balaban J connectivity index is 2.21. The maximum absolute atomic E-state index is 12.2. The fourth-order valence-electron chi connectivity index (χ4n) is 2.41. The van der Waals surface area contributed by atoms with Crippen LogP contribution in [0.4, 0.5) is 0 Å². The van der Waals surface area contributed by atoms with E-state index >= 15 is 0 Å². The van der Waals surface area contributed by atoms with Crippen LogP contribution in [0, 0.1) is 0 Å². The zero-order valence-corrected chi connectivity index (χ0v) is 18.7. The summed E-state index contributed by atoms with van der Waals surface area (Å²) in [5, 5.41) is 9.94. The zero-order chi connectivity index (χ0) is 20.8. The van der Waals surface area contributed by atoms with Gasteiger partial charge in [-0.3, -0.25) is 4.79 Å². The van der Waals surface area contributed by atoms with E-state index in [4.69, 9.17) is 15.2 Å². The summed E-state index contributed by atoms with van der Waals surface area (Å²) in [4.78, 5) is 23.8. The Morgan fingerprint density at radius 1 is 1.14 bits per heavy atom. The van der Waals surface area contributed by atoms with Gasteiger partial charge in [-0.2, -0.15) is 0 Å². The summed E-state index contributed by atoms with van der Waals surface area (Å²) >= 11 is 6.76. The van der Waals surface area contributed by atoms with Crippen molar-refractivity contribution < 1.29 is 24.2 Å². The second-order valence-corrected chi connectivity index (χ2v) is 8.11. The SMILES string of the molecule is CC(C)c1cc(Oc2c(Br)cc(C(=O)OC(=O)CCCN)cc2Br)ccc1O. The molecule has 0 unspecified atom stereocenters. The smallest absolute Gasteiger partial charge is 0.345 e. The Bertz CT molecular complexity index is 860. The van der Waals surface area contributed by atoms with Gasteiger partial charge in [-0.05, 0) is 81.1 Å². The number of phenols is 1. The second-order valence-electron chi connectivity index (χ2n) is 6.40. The predicted octanol–water partition coefficient (Wildman–Crippen LogP) is 5.26. The first-order valence-corrected chi connectivity index (χ1v) is 10.3. The van der Waals surface area contributed by atoms with Gasteiger partial charge >= 0.3 is 11.9 Å². The first-order valence-electron chi connectivity index (χ1n) is 8.67. The topological polar surface area (TPSA) is 98.9 Å². The van der Waals surface area contributed by atoms with Crippen molar-refractivity contribution in [3.8, 4) is 17.2 Å². The molecule has 0 aliphatic carbocycles. The maximum Gasteiger partial charge on any atom is 0.345 e. The highest BCUT2D eigenvalue weighted by molar-refractivity contribution is 9.11. The van der Waals surface area contributed by atoms with Crippen LogP contribution in [0.5, 0.6) is 17.2 Å². The van der Waals surface area contributed by atoms with Crippen molar-refractivity contribution in [2.24, 2.45) is 5.73 Å². The van der Waals surface area contributed by atoms with Crippen LogP contribution in [-0.2, 0) is 9.53 Å². The van der Waals surface area contributed by atoms with Gasteiger partial charge < -0.3 is 20.3 Å². The molecule has 2 aromatic rings. The summed E-state index contributed by atoms with van der Waals surface area (Å²) in [5.41, 5.74) is 6.30. The highest BCUT2D eigenvalue weighted by Gasteiger charge is 2.18. The minimum Gasteiger partial charge on any atom is -0.508 e. The number of hydrogen-bond acceptors (Lipinski definition) is 6. The molecule has 0 aromatic heterocycles. The largest absolute Gasteiger partial charge is 0.508 e. The standard InChI is InChI=1S/C20H21Br2NO5/c1-11(2)14-10-13(5-6-17(14)24)27-19-15(21)8-12(9-16(19)22)20(26)28-18(25)4-3-7-23/h5-6,8-11,24H,3-4,7,23H2,1-2H3. The summed E-state index contributed by atoms with van der Waals surface area (Å²) in [7, 11) is 0. The molecule has 0 heterocycles. The molecule has 0 aliphatic rings. The molecule has 0 spiro atoms. The number of ether oxygens (including phenoxy) is 2. The maximum atomic E-state index is 12.2. The van der Waals surface area contributed by atoms with Crippen molar-refractivity contribution >= 4 is 43.8 Å². The molecule has 0 aliphatic heterocycles. The zero-order valence-electron chi connectivity index (χ0n) is 15.5. The quantitative estimate of drug-likeness (QED) is 0.386. The van der Waals surface area contributed by atoms with Crippen LogP contribution in [0.3, 0.4) is 0 Å². The van der Waals surface area contributed by atoms with Crippen molar-refractivity contribution in [2.45, 2.75) is 32.6 Å². The third-order valence-corrected chi connectivity index (χ3v) is 5.04. The van der Waals surface area contributed by atoms with E-state index in [1.54, 1.807) is 18.2 Å². The molecule has 2 aromatic carbocycles. The third kappa shape index (κ3) is 5.80. The normalized spacial score (nSPS) is 10.8. The Kier molecular flexibility index (Phi) is 8.03. The van der Waals surface area contributed by atoms with Gasteiger partial charge in [0, 0.05) is 12.0 Å². The Morgan fingerprint density at radius 3 is 2.36 bits per heavy atom. The Morgan fingerprint density at radius 2 is 1.79 bits per heavy atom. The molecule has 0 atom stereocenters. The van der Waals surface area contributed by atoms with Gasteiger partial charge in [0.05, 0.1) is 14.5 Å². The number of rotatable bonds is 7. The van der Waals surface area contributed by atoms with Gasteiger partial charge in [-0.15, -0.1) is 0 Å². The number of carbonyl (C=O) groups excluding carboxylic acids is 2. The lowest BCUT2D eigenvalue weighted by Crippen LogP contribution is -2.14. The van der Waals surface area contributed by atoms with Gasteiger partial charge in [0.25, 0.3) is 0 Å². The lowest BCUT2D eigenvalue weighted by atomic mass is 10.0. The minimum absolute atomic E-state index is 0.0881. The van der Waals surface area contributed by atoms with Gasteiger partial charge in [-0.1, -0.05) is 13.8 Å². The van der Waals surface area contributed by atoms with Crippen LogP contribution < -0.4 is 10.5 Å². The third-order valence-electron chi connectivity index (χ3n) is 3.87. The molecular formula is C20H21Br2NO5. The second kappa shape index (κ2) is 10.0. The molecular weight excluding hydrogens is 494 g/mol. The Labute approximate surface area is 180 Å². The molecule has 2 rings (SSSR count). The number of aromatic hydroxyl groups is 1. The highest BCUT2D eigenvalue weighted by Crippen LogP contribution is 2.39. The molecule has 0 radical (unpaired) electrons. The van der Waals surface area contributed by atoms with Crippen LogP contribution >= 0.6 is 31.9 Å². The summed E-state index contributed by atoms with van der Waals surface area (Å²) in [6.07, 6.45) is 0.544. The summed E-state index contributed by atoms with van der Waals surface area (Å²) in [5.74, 6) is -0.0427. The molecule has 0 amide bonds. The first kappa shape index (κ1) is 22.4. The number of hydrogen-bond donors (Lipinski definition) is 2. The van der Waals surface area contributed by atoms with E-state index in [-0.39, 0.29) is 23.7 Å². The van der Waals surface area contributed by atoms with Gasteiger partial charge in [-0.25, -0.2) is 4.79 Å². The van der Waals surface area contributed by atoms with Crippen LogP contribution in [-0.4, -0.2) is 23.6 Å². The van der Waals surface area contributed by atoms with E-state index in [0.717, 1.165) is 5.56 Å². The lowest BCUT2D eigenvalue weighted by molar-refractivity contribution is -0.138. The van der Waals surface area contributed by atoms with Crippen LogP contribution in [0.15, 0.2) is 39.3 Å². The van der Waals surface area contributed by atoms with Crippen molar-refractivity contribution in [3.05, 3.63) is 50.4 Å². The Hall–Kier alpha value is -1.90. The average molecular weight is 515 g/mol. The molecule has 8 heteroatoms. The number of esters is 2. The van der Waals surface area contributed by atoms with Gasteiger partial charge in [0.1, 0.15) is 11.5 Å². The first-order chi connectivity index (χ1) is 13.2. The molecule has 0 fully saturated rings. The fourth-order valence-corrected chi connectivity index (χ4v) is 3.76. The van der Waals surface area contributed by atoms with Crippen molar-refractivity contribution in [1.82, 2.24) is 0 Å². The van der Waals surface area contributed by atoms with Gasteiger partial charge in [0.15, 0.2) is 5.75 Å². The van der Waals surface area contributed by atoms with Crippen LogP contribution in [0.2, 0.25) is 0 Å². The fraction of sp³-hybridized carbons (Fsp3) is 0.300. The minimum atomic E-state index is -0.748. The van der Waals surface area contributed by atoms with Crippen LogP contribution in [0.25, 0.3) is 0 Å². The monoisotopic (exact) mass is 513 g/mol. The van der Waals surface area contributed by atoms with E-state index in [0.29, 0.717) is 33.4 Å². The molecule has 0 saturated carbocycles. The van der Waals surface area contributed by atoms with Gasteiger partial charge in [0.2, 0.25) is 0 Å². The van der Waals surface area contributed by atoms with Crippen molar-refractivity contribution in [2.75, 3.05) is 6.54 Å². The molecule has 28 heavy (non-hydrogen) atoms. The number of carbonyl (C=O) groups is 2.